The van der Waals surface area contributed by atoms with E-state index in [1.807, 2.05) is 0 Å². The van der Waals surface area contributed by atoms with Gasteiger partial charge in [0.1, 0.15) is 0 Å². The van der Waals surface area contributed by atoms with Gasteiger partial charge < -0.3 is 5.11 Å². The monoisotopic (exact) mass is 203 g/mol. The first kappa shape index (κ1) is 9.35. The number of carbonyl (C=O) groups is 1. The van der Waals surface area contributed by atoms with Crippen LogP contribution in [0.5, 0.6) is 0 Å². The highest BCUT2D eigenvalue weighted by molar-refractivity contribution is 7.98. The molecule has 0 aromatic carbocycles. The molecular formula is C7H6ClNO2S. The van der Waals surface area contributed by atoms with Crippen molar-refractivity contribution in [1.82, 2.24) is 4.98 Å². The number of carboxylic acid groups (broad SMARTS) is 1. The molecule has 0 unspecified atom stereocenters. The van der Waals surface area contributed by atoms with Crippen molar-refractivity contribution < 1.29 is 9.90 Å². The average molecular weight is 204 g/mol. The zero-order valence-corrected chi connectivity index (χ0v) is 7.82. The van der Waals surface area contributed by atoms with E-state index in [0.717, 1.165) is 0 Å². The van der Waals surface area contributed by atoms with Crippen LogP contribution in [0.4, 0.5) is 0 Å². The number of pyridine rings is 1. The van der Waals surface area contributed by atoms with E-state index in [1.54, 1.807) is 12.3 Å². The number of hydrogen-bond acceptors (Lipinski definition) is 3. The maximum absolute atomic E-state index is 10.6. The number of hydrogen-bond donors (Lipinski definition) is 1. The normalized spacial score (nSPS) is 9.83. The number of rotatable bonds is 2. The zero-order chi connectivity index (χ0) is 9.14. The third kappa shape index (κ3) is 1.70. The average Bonchev–Trinajstić information content (AvgIpc) is 2.03. The molecule has 0 amide bonds. The molecule has 0 saturated heterocycles. The molecule has 3 nitrogen and oxygen atoms in total. The van der Waals surface area contributed by atoms with E-state index in [1.165, 1.54) is 18.0 Å². The van der Waals surface area contributed by atoms with Gasteiger partial charge in [-0.1, -0.05) is 11.6 Å². The lowest BCUT2D eigenvalue weighted by Gasteiger charge is -2.02. The summed E-state index contributed by atoms with van der Waals surface area (Å²) in [5.74, 6) is -1.05. The molecule has 1 aromatic rings. The Labute approximate surface area is 78.8 Å². The lowest BCUT2D eigenvalue weighted by atomic mass is 10.3. The molecule has 1 heterocycles. The van der Waals surface area contributed by atoms with Gasteiger partial charge in [0.15, 0.2) is 5.69 Å². The van der Waals surface area contributed by atoms with E-state index in [0.29, 0.717) is 9.92 Å². The van der Waals surface area contributed by atoms with Gasteiger partial charge in [-0.25, -0.2) is 9.78 Å². The number of halogens is 1. The highest BCUT2D eigenvalue weighted by atomic mass is 35.5. The molecular weight excluding hydrogens is 198 g/mol. The first-order valence-electron chi connectivity index (χ1n) is 3.08. The van der Waals surface area contributed by atoms with Crippen LogP contribution in [-0.2, 0) is 0 Å². The molecule has 0 aliphatic carbocycles. The summed E-state index contributed by atoms with van der Waals surface area (Å²) >= 11 is 7.02. The van der Waals surface area contributed by atoms with Gasteiger partial charge in [0.2, 0.25) is 0 Å². The molecule has 0 bridgehead atoms. The van der Waals surface area contributed by atoms with Crippen LogP contribution in [0.1, 0.15) is 10.5 Å². The van der Waals surface area contributed by atoms with Crippen LogP contribution in [0.3, 0.4) is 0 Å². The molecule has 0 spiro atoms. The summed E-state index contributed by atoms with van der Waals surface area (Å²) in [7, 11) is 0. The van der Waals surface area contributed by atoms with Gasteiger partial charge in [-0.15, -0.1) is 11.8 Å². The van der Waals surface area contributed by atoms with Crippen LogP contribution in [0, 0.1) is 0 Å². The smallest absolute Gasteiger partial charge is 0.355 e. The largest absolute Gasteiger partial charge is 0.476 e. The Hall–Kier alpha value is -0.740. The van der Waals surface area contributed by atoms with Crippen molar-refractivity contribution in [2.45, 2.75) is 4.90 Å². The molecule has 0 aliphatic rings. The van der Waals surface area contributed by atoms with Crippen molar-refractivity contribution in [3.8, 4) is 0 Å². The number of aromatic nitrogens is 1. The molecule has 0 aliphatic heterocycles. The number of aromatic carboxylic acids is 1. The van der Waals surface area contributed by atoms with Gasteiger partial charge in [0, 0.05) is 6.20 Å². The standard InChI is InChI=1S/C7H6ClNO2S/c1-12-6-4(8)2-3-9-5(6)7(10)11/h2-3H,1H3,(H,10,11). The van der Waals surface area contributed by atoms with Crippen LogP contribution in [0.25, 0.3) is 0 Å². The first-order valence-corrected chi connectivity index (χ1v) is 4.69. The predicted molar refractivity (Wildman–Crippen MR) is 48.0 cm³/mol. The third-order valence-electron chi connectivity index (χ3n) is 1.26. The maximum atomic E-state index is 10.6. The van der Waals surface area contributed by atoms with Crippen LogP contribution in [0.15, 0.2) is 17.2 Å². The Balaban J connectivity index is 3.27. The fourth-order valence-corrected chi connectivity index (χ4v) is 1.74. The summed E-state index contributed by atoms with van der Waals surface area (Å²) in [5.41, 5.74) is 0.00926. The second kappa shape index (κ2) is 3.78. The predicted octanol–water partition coefficient (Wildman–Crippen LogP) is 2.16. The Morgan fingerprint density at radius 1 is 1.75 bits per heavy atom. The molecule has 0 radical (unpaired) electrons. The first-order chi connectivity index (χ1) is 5.66. The van der Waals surface area contributed by atoms with Crippen LogP contribution in [-0.4, -0.2) is 22.3 Å². The quantitative estimate of drug-likeness (QED) is 0.749. The van der Waals surface area contributed by atoms with Gasteiger partial charge in [0.25, 0.3) is 0 Å². The second-order valence-corrected chi connectivity index (χ2v) is 3.20. The van der Waals surface area contributed by atoms with E-state index in [4.69, 9.17) is 16.7 Å². The van der Waals surface area contributed by atoms with Gasteiger partial charge in [-0.05, 0) is 12.3 Å². The van der Waals surface area contributed by atoms with Crippen molar-refractivity contribution in [2.24, 2.45) is 0 Å². The van der Waals surface area contributed by atoms with Crippen LogP contribution < -0.4 is 0 Å². The van der Waals surface area contributed by atoms with Crippen molar-refractivity contribution >= 4 is 29.3 Å². The molecule has 64 valence electrons. The molecule has 0 saturated carbocycles. The highest BCUT2D eigenvalue weighted by Gasteiger charge is 2.13. The minimum atomic E-state index is -1.05. The summed E-state index contributed by atoms with van der Waals surface area (Å²) < 4.78 is 0. The van der Waals surface area contributed by atoms with E-state index >= 15 is 0 Å². The van der Waals surface area contributed by atoms with Gasteiger partial charge in [-0.3, -0.25) is 0 Å². The van der Waals surface area contributed by atoms with E-state index in [9.17, 15) is 4.79 Å². The number of carboxylic acids is 1. The molecule has 1 aromatic heterocycles. The minimum absolute atomic E-state index is 0.00926. The Bertz CT molecular complexity index is 316. The summed E-state index contributed by atoms with van der Waals surface area (Å²) in [6.45, 7) is 0. The molecule has 1 rings (SSSR count). The van der Waals surface area contributed by atoms with Crippen molar-refractivity contribution in [1.29, 1.82) is 0 Å². The molecule has 0 fully saturated rings. The van der Waals surface area contributed by atoms with E-state index in [-0.39, 0.29) is 5.69 Å². The van der Waals surface area contributed by atoms with Crippen LogP contribution in [0.2, 0.25) is 5.02 Å². The maximum Gasteiger partial charge on any atom is 0.355 e. The van der Waals surface area contributed by atoms with Crippen molar-refractivity contribution in [2.75, 3.05) is 6.26 Å². The van der Waals surface area contributed by atoms with Gasteiger partial charge >= 0.3 is 5.97 Å². The SMILES string of the molecule is CSc1c(Cl)ccnc1C(=O)O. The zero-order valence-electron chi connectivity index (χ0n) is 6.24. The Morgan fingerprint density at radius 3 is 2.83 bits per heavy atom. The van der Waals surface area contributed by atoms with Crippen LogP contribution >= 0.6 is 23.4 Å². The van der Waals surface area contributed by atoms with Crippen molar-refractivity contribution in [3.63, 3.8) is 0 Å². The summed E-state index contributed by atoms with van der Waals surface area (Å²) in [5, 5.41) is 9.11. The highest BCUT2D eigenvalue weighted by Crippen LogP contribution is 2.27. The molecule has 12 heavy (non-hydrogen) atoms. The fraction of sp³-hybridized carbons (Fsp3) is 0.143. The fourth-order valence-electron chi connectivity index (χ4n) is 0.771. The summed E-state index contributed by atoms with van der Waals surface area (Å²) in [4.78, 5) is 14.8. The number of nitrogens with zero attached hydrogens (tertiary/aromatic N) is 1. The number of thioether (sulfide) groups is 1. The van der Waals surface area contributed by atoms with E-state index < -0.39 is 5.97 Å². The Kier molecular flexibility index (Phi) is 2.94. The third-order valence-corrected chi connectivity index (χ3v) is 2.51. The lowest BCUT2D eigenvalue weighted by molar-refractivity contribution is 0.0686. The second-order valence-electron chi connectivity index (χ2n) is 1.98. The van der Waals surface area contributed by atoms with Gasteiger partial charge in [-0.2, -0.15) is 0 Å². The lowest BCUT2D eigenvalue weighted by Crippen LogP contribution is -2.02. The summed E-state index contributed by atoms with van der Waals surface area (Å²) in [6, 6.07) is 1.57. The molecule has 5 heteroatoms. The minimum Gasteiger partial charge on any atom is -0.476 e. The van der Waals surface area contributed by atoms with Gasteiger partial charge in [0.05, 0.1) is 9.92 Å². The van der Waals surface area contributed by atoms with E-state index in [2.05, 4.69) is 4.98 Å². The molecule has 1 N–H and O–H groups in total. The summed E-state index contributed by atoms with van der Waals surface area (Å²) in [6.07, 6.45) is 3.14. The topological polar surface area (TPSA) is 50.2 Å². The Morgan fingerprint density at radius 2 is 2.42 bits per heavy atom. The molecule has 0 atom stereocenters. The van der Waals surface area contributed by atoms with Crippen molar-refractivity contribution in [3.05, 3.63) is 23.0 Å².